The second-order valence-electron chi connectivity index (χ2n) is 3.08. The molecule has 9 heteroatoms. The van der Waals surface area contributed by atoms with Crippen LogP contribution in [0, 0.1) is 41.7 Å². The molecular formula is C12H26CeO8. The molecule has 0 aliphatic heterocycles. The van der Waals surface area contributed by atoms with Gasteiger partial charge in [0.25, 0.3) is 23.9 Å². The van der Waals surface area contributed by atoms with Crippen LogP contribution in [0.2, 0.25) is 0 Å². The van der Waals surface area contributed by atoms with Crippen molar-refractivity contribution >= 4 is 23.9 Å². The molecule has 126 valence electrons. The molecule has 0 aromatic carbocycles. The number of hydrogen-bond acceptors (Lipinski definition) is 4. The van der Waals surface area contributed by atoms with Crippen molar-refractivity contribution in [3.05, 3.63) is 0 Å². The molecule has 0 aliphatic rings. The van der Waals surface area contributed by atoms with Crippen LogP contribution in [0.5, 0.6) is 0 Å². The van der Waals surface area contributed by atoms with Gasteiger partial charge in [-0.15, -0.1) is 0 Å². The Bertz CT molecular complexity index is 188. The van der Waals surface area contributed by atoms with E-state index in [-0.39, 0.29) is 41.7 Å². The minimum Gasteiger partial charge on any atom is -0.481 e. The van der Waals surface area contributed by atoms with Gasteiger partial charge in [-0.3, -0.25) is 19.2 Å². The molecule has 0 radical (unpaired) electrons. The van der Waals surface area contributed by atoms with Gasteiger partial charge in [0, 0.05) is 69.4 Å². The molecule has 8 nitrogen and oxygen atoms in total. The second-order valence-corrected chi connectivity index (χ2v) is 3.08. The molecule has 0 spiro atoms. The maximum absolute atomic E-state index is 9.00. The average molecular weight is 438 g/mol. The van der Waals surface area contributed by atoms with E-state index in [1.54, 1.807) is 0 Å². The fourth-order valence-corrected chi connectivity index (χ4v) is 0. The van der Waals surface area contributed by atoms with Crippen molar-refractivity contribution < 1.29 is 81.4 Å². The fourth-order valence-electron chi connectivity index (χ4n) is 0. The molecule has 0 aliphatic carbocycles. The van der Waals surface area contributed by atoms with Crippen molar-refractivity contribution in [3.8, 4) is 0 Å². The van der Waals surface area contributed by atoms with Crippen LogP contribution in [0.4, 0.5) is 0 Å². The summed E-state index contributed by atoms with van der Waals surface area (Å²) in [4.78, 5) is 36.0. The van der Waals surface area contributed by atoms with Crippen LogP contribution in [0.3, 0.4) is 0 Å². The molecule has 4 N–H and O–H groups in total. The van der Waals surface area contributed by atoms with Crippen molar-refractivity contribution in [1.82, 2.24) is 0 Å². The third kappa shape index (κ3) is 87100. The quantitative estimate of drug-likeness (QED) is 0.487. The molecule has 0 aromatic rings. The van der Waals surface area contributed by atoms with Crippen molar-refractivity contribution in [3.63, 3.8) is 0 Å². The van der Waals surface area contributed by atoms with E-state index in [1.165, 1.54) is 12.8 Å². The number of carboxylic acids is 4. The average Bonchev–Trinajstić information content (AvgIpc) is 2.13. The van der Waals surface area contributed by atoms with Gasteiger partial charge in [0.15, 0.2) is 0 Å². The van der Waals surface area contributed by atoms with E-state index in [1.807, 2.05) is 0 Å². The van der Waals surface area contributed by atoms with Crippen LogP contribution in [-0.2, 0) is 19.2 Å². The summed E-state index contributed by atoms with van der Waals surface area (Å²) < 4.78 is 0. The molecule has 0 heterocycles. The van der Waals surface area contributed by atoms with Gasteiger partial charge in [-0.25, -0.2) is 0 Å². The van der Waals surface area contributed by atoms with E-state index in [9.17, 15) is 0 Å². The summed E-state index contributed by atoms with van der Waals surface area (Å²) in [5.41, 5.74) is 0. The molecular weight excluding hydrogens is 412 g/mol. The Labute approximate surface area is 158 Å². The van der Waals surface area contributed by atoms with Crippen molar-refractivity contribution in [2.45, 2.75) is 54.4 Å². The first-order valence-corrected chi connectivity index (χ1v) is 5.63. The van der Waals surface area contributed by atoms with Crippen LogP contribution in [0.25, 0.3) is 0 Å². The SMILES string of the molecule is CC(=O)O.CC(=O)O.CC(=O)O.CC(=O)O.CCCC.[Ce]. The molecule has 0 atom stereocenters. The summed E-state index contributed by atoms with van der Waals surface area (Å²) in [7, 11) is 0. The smallest absolute Gasteiger partial charge is 0.300 e. The first-order chi connectivity index (χ1) is 8.84. The van der Waals surface area contributed by atoms with E-state index in [4.69, 9.17) is 39.6 Å². The second kappa shape index (κ2) is 36.5. The minimum atomic E-state index is -0.833. The van der Waals surface area contributed by atoms with E-state index in [0.717, 1.165) is 27.7 Å². The molecule has 0 amide bonds. The van der Waals surface area contributed by atoms with Crippen LogP contribution >= 0.6 is 0 Å². The number of unbranched alkanes of at least 4 members (excludes halogenated alkanes) is 1. The van der Waals surface area contributed by atoms with Crippen molar-refractivity contribution in [2.75, 3.05) is 0 Å². The maximum atomic E-state index is 9.00. The Balaban J connectivity index is -0.0000000331. The first-order valence-electron chi connectivity index (χ1n) is 5.63. The fraction of sp³-hybridized carbons (Fsp3) is 0.667. The number of aliphatic carboxylic acids is 4. The largest absolute Gasteiger partial charge is 0.481 e. The van der Waals surface area contributed by atoms with Gasteiger partial charge in [-0.2, -0.15) is 0 Å². The van der Waals surface area contributed by atoms with Gasteiger partial charge in [-0.05, 0) is 0 Å². The van der Waals surface area contributed by atoms with E-state index >= 15 is 0 Å². The molecule has 0 saturated carbocycles. The van der Waals surface area contributed by atoms with E-state index < -0.39 is 23.9 Å². The van der Waals surface area contributed by atoms with Gasteiger partial charge < -0.3 is 20.4 Å². The van der Waals surface area contributed by atoms with Gasteiger partial charge >= 0.3 is 0 Å². The Morgan fingerprint density at radius 3 is 0.619 bits per heavy atom. The molecule has 0 saturated heterocycles. The van der Waals surface area contributed by atoms with Crippen LogP contribution in [0.15, 0.2) is 0 Å². The molecule has 0 bridgehead atoms. The zero-order valence-corrected chi connectivity index (χ0v) is 16.5. The third-order valence-electron chi connectivity index (χ3n) is 0.500. The number of hydrogen-bond donors (Lipinski definition) is 4. The Hall–Kier alpha value is -0.743. The minimum absolute atomic E-state index is 0. The number of carboxylic acid groups (broad SMARTS) is 4. The molecule has 0 rings (SSSR count). The Morgan fingerprint density at radius 2 is 0.619 bits per heavy atom. The normalized spacial score (nSPS) is 6.19. The zero-order chi connectivity index (χ0) is 17.7. The zero-order valence-electron chi connectivity index (χ0n) is 13.3. The summed E-state index contributed by atoms with van der Waals surface area (Å²) in [5.74, 6) is -3.33. The summed E-state index contributed by atoms with van der Waals surface area (Å²) in [6, 6.07) is 0. The predicted molar refractivity (Wildman–Crippen MR) is 73.8 cm³/mol. The topological polar surface area (TPSA) is 149 Å². The van der Waals surface area contributed by atoms with Gasteiger partial charge in [0.05, 0.1) is 0 Å². The molecule has 0 fully saturated rings. The van der Waals surface area contributed by atoms with Crippen molar-refractivity contribution in [2.24, 2.45) is 0 Å². The van der Waals surface area contributed by atoms with E-state index in [0.29, 0.717) is 0 Å². The van der Waals surface area contributed by atoms with Gasteiger partial charge in [0.1, 0.15) is 0 Å². The molecule has 0 aromatic heterocycles. The monoisotopic (exact) mass is 438 g/mol. The number of carbonyl (C=O) groups is 4. The van der Waals surface area contributed by atoms with Gasteiger partial charge in [0.2, 0.25) is 0 Å². The van der Waals surface area contributed by atoms with E-state index in [2.05, 4.69) is 13.8 Å². The Kier molecular flexibility index (Phi) is 64.3. The summed E-state index contributed by atoms with van der Waals surface area (Å²) in [6.45, 7) is 8.69. The van der Waals surface area contributed by atoms with Gasteiger partial charge in [-0.1, -0.05) is 26.7 Å². The molecule has 0 unspecified atom stereocenters. The third-order valence-corrected chi connectivity index (χ3v) is 0.500. The molecule has 21 heavy (non-hydrogen) atoms. The van der Waals surface area contributed by atoms with Crippen LogP contribution in [-0.4, -0.2) is 44.3 Å². The van der Waals surface area contributed by atoms with Crippen molar-refractivity contribution in [1.29, 1.82) is 0 Å². The maximum Gasteiger partial charge on any atom is 0.300 e. The van der Waals surface area contributed by atoms with Crippen LogP contribution in [0.1, 0.15) is 54.4 Å². The van der Waals surface area contributed by atoms with Crippen LogP contribution < -0.4 is 0 Å². The summed E-state index contributed by atoms with van der Waals surface area (Å²) >= 11 is 0. The first kappa shape index (κ1) is 37.0. The summed E-state index contributed by atoms with van der Waals surface area (Å²) in [6.07, 6.45) is 2.64. The number of rotatable bonds is 1. The predicted octanol–water partition coefficient (Wildman–Crippen LogP) is 2.17. The Morgan fingerprint density at radius 1 is 0.571 bits per heavy atom. The standard InChI is InChI=1S/C4H10.4C2H4O2.Ce/c1-3-4-2;4*1-2(3)4;/h3-4H2,1-2H3;4*1H3,(H,3,4);. The summed E-state index contributed by atoms with van der Waals surface area (Å²) in [5, 5.41) is 29.7.